The van der Waals surface area contributed by atoms with Crippen molar-refractivity contribution in [1.29, 1.82) is 0 Å². The molecule has 2 N–H and O–H groups in total. The third kappa shape index (κ3) is 5.13. The van der Waals surface area contributed by atoms with Crippen LogP contribution in [0, 0.1) is 12.8 Å². The summed E-state index contributed by atoms with van der Waals surface area (Å²) < 4.78 is 11.0. The molecule has 1 atom stereocenters. The minimum atomic E-state index is -1.00. The van der Waals surface area contributed by atoms with Crippen molar-refractivity contribution in [2.24, 2.45) is 5.92 Å². The number of rotatable bonds is 7. The first kappa shape index (κ1) is 26.1. The summed E-state index contributed by atoms with van der Waals surface area (Å²) in [4.78, 5) is 27.9. The van der Waals surface area contributed by atoms with Gasteiger partial charge in [-0.3, -0.25) is 14.5 Å². The highest BCUT2D eigenvalue weighted by Gasteiger charge is 2.47. The molecule has 7 nitrogen and oxygen atoms in total. The molecule has 0 aliphatic carbocycles. The Labute approximate surface area is 220 Å². The fourth-order valence-corrected chi connectivity index (χ4v) is 4.39. The van der Waals surface area contributed by atoms with E-state index < -0.39 is 17.7 Å². The predicted molar refractivity (Wildman–Crippen MR) is 142 cm³/mol. The molecule has 0 bridgehead atoms. The van der Waals surface area contributed by atoms with Crippen molar-refractivity contribution in [3.8, 4) is 17.2 Å². The number of aromatic hydroxyl groups is 1. The molecule has 0 saturated carbocycles. The summed E-state index contributed by atoms with van der Waals surface area (Å²) in [5.74, 6) is -0.887. The molecular formula is C29H28ClNO6. The van der Waals surface area contributed by atoms with Crippen molar-refractivity contribution < 1.29 is 29.3 Å². The van der Waals surface area contributed by atoms with Crippen LogP contribution in [0.4, 0.5) is 5.69 Å². The number of nitrogens with zero attached hydrogens (tertiary/aromatic N) is 1. The van der Waals surface area contributed by atoms with Gasteiger partial charge in [-0.25, -0.2) is 0 Å². The van der Waals surface area contributed by atoms with Crippen molar-refractivity contribution in [2.45, 2.75) is 26.8 Å². The van der Waals surface area contributed by atoms with Crippen LogP contribution in [-0.2, 0) is 9.59 Å². The van der Waals surface area contributed by atoms with Crippen molar-refractivity contribution in [3.63, 3.8) is 0 Å². The van der Waals surface area contributed by atoms with E-state index >= 15 is 0 Å². The molecule has 3 aromatic rings. The summed E-state index contributed by atoms with van der Waals surface area (Å²) in [5, 5.41) is 22.3. The van der Waals surface area contributed by atoms with Crippen LogP contribution in [0.15, 0.2) is 66.2 Å². The molecule has 0 radical (unpaired) electrons. The summed E-state index contributed by atoms with van der Waals surface area (Å²) in [7, 11) is 1.42. The molecule has 0 spiro atoms. The highest BCUT2D eigenvalue weighted by molar-refractivity contribution is 6.51. The van der Waals surface area contributed by atoms with Gasteiger partial charge in [0, 0.05) is 16.3 Å². The number of carbonyl (C=O) groups is 2. The van der Waals surface area contributed by atoms with Gasteiger partial charge in [-0.05, 0) is 78.6 Å². The number of Topliss-reactive ketones (excluding diaryl/α,β-unsaturated/α-hetero) is 1. The highest BCUT2D eigenvalue weighted by Crippen LogP contribution is 2.44. The molecule has 1 aliphatic rings. The van der Waals surface area contributed by atoms with Crippen molar-refractivity contribution in [3.05, 3.63) is 87.9 Å². The number of aliphatic hydroxyl groups is 1. The zero-order chi connectivity index (χ0) is 26.9. The first-order chi connectivity index (χ1) is 17.6. The van der Waals surface area contributed by atoms with E-state index in [0.29, 0.717) is 40.1 Å². The molecule has 1 unspecified atom stereocenters. The van der Waals surface area contributed by atoms with Gasteiger partial charge in [0.15, 0.2) is 11.5 Å². The standard InChI is InChI=1S/C29H28ClNO6/c1-16(2)15-37-23-11-6-19(13-17(23)3)27(33)25-26(18-5-12-24(36-4)22(32)14-18)31(29(35)28(25)34)21-9-7-20(30)8-10-21/h5-14,16,26,32-33H,15H2,1-4H3/b27-25-. The largest absolute Gasteiger partial charge is 0.507 e. The minimum absolute atomic E-state index is 0.0974. The predicted octanol–water partition coefficient (Wildman–Crippen LogP) is 6.02. The van der Waals surface area contributed by atoms with Crippen LogP contribution in [0.1, 0.15) is 36.6 Å². The molecule has 1 heterocycles. The van der Waals surface area contributed by atoms with E-state index in [1.165, 1.54) is 24.1 Å². The van der Waals surface area contributed by atoms with Gasteiger partial charge in [-0.2, -0.15) is 0 Å². The monoisotopic (exact) mass is 521 g/mol. The Hall–Kier alpha value is -3.97. The second kappa shape index (κ2) is 10.6. The maximum Gasteiger partial charge on any atom is 0.300 e. The quantitative estimate of drug-likeness (QED) is 0.224. The van der Waals surface area contributed by atoms with Crippen LogP contribution in [0.2, 0.25) is 5.02 Å². The molecular weight excluding hydrogens is 494 g/mol. The topological polar surface area (TPSA) is 96.3 Å². The van der Waals surface area contributed by atoms with E-state index in [-0.39, 0.29) is 22.8 Å². The van der Waals surface area contributed by atoms with E-state index in [0.717, 1.165) is 5.56 Å². The second-order valence-electron chi connectivity index (χ2n) is 9.26. The minimum Gasteiger partial charge on any atom is -0.507 e. The Morgan fingerprint density at radius 3 is 2.30 bits per heavy atom. The lowest BCUT2D eigenvalue weighted by Crippen LogP contribution is -2.29. The van der Waals surface area contributed by atoms with Crippen LogP contribution in [0.5, 0.6) is 17.2 Å². The molecule has 4 rings (SSSR count). The van der Waals surface area contributed by atoms with Crippen LogP contribution in [0.25, 0.3) is 5.76 Å². The Kier molecular flexibility index (Phi) is 7.45. The van der Waals surface area contributed by atoms with Crippen LogP contribution >= 0.6 is 11.6 Å². The Balaban J connectivity index is 1.87. The van der Waals surface area contributed by atoms with E-state index in [9.17, 15) is 19.8 Å². The van der Waals surface area contributed by atoms with E-state index in [2.05, 4.69) is 0 Å². The first-order valence-electron chi connectivity index (χ1n) is 11.8. The van der Waals surface area contributed by atoms with E-state index in [4.69, 9.17) is 21.1 Å². The van der Waals surface area contributed by atoms with Gasteiger partial charge in [0.1, 0.15) is 11.5 Å². The summed E-state index contributed by atoms with van der Waals surface area (Å²) in [5.41, 5.74) is 1.88. The highest BCUT2D eigenvalue weighted by atomic mass is 35.5. The van der Waals surface area contributed by atoms with Gasteiger partial charge >= 0.3 is 0 Å². The number of aryl methyl sites for hydroxylation is 1. The molecule has 1 aliphatic heterocycles. The van der Waals surface area contributed by atoms with Gasteiger partial charge in [0.05, 0.1) is 25.3 Å². The van der Waals surface area contributed by atoms with Crippen LogP contribution in [-0.4, -0.2) is 35.6 Å². The first-order valence-corrected chi connectivity index (χ1v) is 12.2. The fraction of sp³-hybridized carbons (Fsp3) is 0.241. The molecule has 3 aromatic carbocycles. The van der Waals surface area contributed by atoms with E-state index in [1.807, 2.05) is 20.8 Å². The SMILES string of the molecule is COc1ccc(C2/C(=C(/O)c3ccc(OCC(C)C)c(C)c3)C(=O)C(=O)N2c2ccc(Cl)cc2)cc1O. The lowest BCUT2D eigenvalue weighted by atomic mass is 9.94. The summed E-state index contributed by atoms with van der Waals surface area (Å²) >= 11 is 6.04. The molecule has 0 aromatic heterocycles. The number of methoxy groups -OCH3 is 1. The number of hydrogen-bond acceptors (Lipinski definition) is 6. The second-order valence-corrected chi connectivity index (χ2v) is 9.70. The van der Waals surface area contributed by atoms with Gasteiger partial charge in [-0.1, -0.05) is 31.5 Å². The zero-order valence-electron chi connectivity index (χ0n) is 21.0. The molecule has 192 valence electrons. The Morgan fingerprint density at radius 2 is 1.70 bits per heavy atom. The number of ether oxygens (including phenoxy) is 2. The number of hydrogen-bond donors (Lipinski definition) is 2. The third-order valence-electron chi connectivity index (χ3n) is 6.09. The van der Waals surface area contributed by atoms with Crippen LogP contribution in [0.3, 0.4) is 0 Å². The maximum absolute atomic E-state index is 13.3. The van der Waals surface area contributed by atoms with Crippen molar-refractivity contribution >= 4 is 34.7 Å². The number of phenols is 1. The number of benzene rings is 3. The normalized spacial score (nSPS) is 16.9. The number of anilines is 1. The zero-order valence-corrected chi connectivity index (χ0v) is 21.7. The third-order valence-corrected chi connectivity index (χ3v) is 6.34. The van der Waals surface area contributed by atoms with Crippen LogP contribution < -0.4 is 14.4 Å². The summed E-state index contributed by atoms with van der Waals surface area (Å²) in [6.07, 6.45) is 0. The molecule has 37 heavy (non-hydrogen) atoms. The lowest BCUT2D eigenvalue weighted by molar-refractivity contribution is -0.132. The number of amides is 1. The smallest absolute Gasteiger partial charge is 0.300 e. The average Bonchev–Trinajstić information content (AvgIpc) is 3.13. The van der Waals surface area contributed by atoms with Crippen molar-refractivity contribution in [2.75, 3.05) is 18.6 Å². The summed E-state index contributed by atoms with van der Waals surface area (Å²) in [6, 6.07) is 15.1. The maximum atomic E-state index is 13.3. The number of halogens is 1. The number of phenolic OH excluding ortho intramolecular Hbond substituents is 1. The molecule has 1 saturated heterocycles. The van der Waals surface area contributed by atoms with Gasteiger partial charge in [0.25, 0.3) is 11.7 Å². The molecule has 1 fully saturated rings. The molecule has 1 amide bonds. The average molecular weight is 522 g/mol. The molecule has 8 heteroatoms. The fourth-order valence-electron chi connectivity index (χ4n) is 4.26. The van der Waals surface area contributed by atoms with Gasteiger partial charge in [-0.15, -0.1) is 0 Å². The van der Waals surface area contributed by atoms with E-state index in [1.54, 1.807) is 48.5 Å². The lowest BCUT2D eigenvalue weighted by Gasteiger charge is -2.26. The van der Waals surface area contributed by atoms with Gasteiger partial charge < -0.3 is 19.7 Å². The number of carbonyl (C=O) groups excluding carboxylic acids is 2. The number of aliphatic hydroxyl groups excluding tert-OH is 1. The Bertz CT molecular complexity index is 1380. The van der Waals surface area contributed by atoms with Gasteiger partial charge in [0.2, 0.25) is 0 Å². The van der Waals surface area contributed by atoms with Crippen molar-refractivity contribution in [1.82, 2.24) is 0 Å². The Morgan fingerprint density at radius 1 is 1.03 bits per heavy atom. The number of ketones is 1. The summed E-state index contributed by atoms with van der Waals surface area (Å²) in [6.45, 7) is 6.48.